The quantitative estimate of drug-likeness (QED) is 0.460. The molecule has 2 aromatic rings. The fraction of sp³-hybridized carbons (Fsp3) is 0.364. The number of anilines is 1. The highest BCUT2D eigenvalue weighted by molar-refractivity contribution is 5.95. The summed E-state index contributed by atoms with van der Waals surface area (Å²) in [6.07, 6.45) is 2.66. The number of benzene rings is 2. The van der Waals surface area contributed by atoms with Gasteiger partial charge >= 0.3 is 0 Å². The highest BCUT2D eigenvalue weighted by Crippen LogP contribution is 2.43. The third-order valence-corrected chi connectivity index (χ3v) is 5.42. The number of non-ortho nitro benzene ring substituents is 1. The van der Waals surface area contributed by atoms with Gasteiger partial charge in [-0.2, -0.15) is 5.10 Å². The predicted octanol–water partition coefficient (Wildman–Crippen LogP) is 4.47. The van der Waals surface area contributed by atoms with E-state index in [4.69, 9.17) is 0 Å². The minimum absolute atomic E-state index is 0.114. The van der Waals surface area contributed by atoms with E-state index in [1.54, 1.807) is 6.21 Å². The molecule has 0 aromatic heterocycles. The molecule has 1 atom stereocenters. The molecule has 1 N–H and O–H groups in total. The first-order valence-electron chi connectivity index (χ1n) is 9.72. The van der Waals surface area contributed by atoms with Crippen LogP contribution in [0.15, 0.2) is 47.6 Å². The number of fused-ring (bicyclic) bond motifs is 1. The molecule has 0 aliphatic carbocycles. The summed E-state index contributed by atoms with van der Waals surface area (Å²) in [4.78, 5) is 24.9. The number of carbonyl (C=O) groups is 1. The van der Waals surface area contributed by atoms with Gasteiger partial charge in [-0.3, -0.25) is 14.9 Å². The molecule has 0 unspecified atom stereocenters. The van der Waals surface area contributed by atoms with Crippen LogP contribution in [0, 0.1) is 10.1 Å². The summed E-state index contributed by atoms with van der Waals surface area (Å²) >= 11 is 0. The normalized spacial score (nSPS) is 17.8. The van der Waals surface area contributed by atoms with Crippen molar-refractivity contribution in [3.63, 3.8) is 0 Å². The Bertz CT molecular complexity index is 968. The number of nitrogens with zero attached hydrogens (tertiary/aromatic N) is 3. The number of rotatable bonds is 5. The molecular weight excluding hydrogens is 368 g/mol. The lowest BCUT2D eigenvalue weighted by atomic mass is 9.79. The third kappa shape index (κ3) is 4.29. The van der Waals surface area contributed by atoms with Crippen molar-refractivity contribution in [3.8, 4) is 0 Å². The molecule has 0 spiro atoms. The van der Waals surface area contributed by atoms with Gasteiger partial charge in [-0.1, -0.05) is 19.1 Å². The van der Waals surface area contributed by atoms with Crippen LogP contribution < -0.4 is 10.3 Å². The zero-order chi connectivity index (χ0) is 21.2. The standard InChI is InChI=1S/C22H26N4O3/c1-5-25-20-10-9-16(11-19(20)15(2)13-22(25,3)4)14-23-24-21(27)17-7-6-8-18(12-17)26(28)29/h6-12,14-15H,5,13H2,1-4H3,(H,24,27)/b23-14-/t15-/m1/s1. The summed E-state index contributed by atoms with van der Waals surface area (Å²) in [5, 5.41) is 14.9. The van der Waals surface area contributed by atoms with Crippen molar-refractivity contribution < 1.29 is 9.72 Å². The van der Waals surface area contributed by atoms with Crippen molar-refractivity contribution >= 4 is 23.5 Å². The molecule has 29 heavy (non-hydrogen) atoms. The molecule has 7 heteroatoms. The molecule has 1 amide bonds. The molecule has 0 radical (unpaired) electrons. The summed E-state index contributed by atoms with van der Waals surface area (Å²) < 4.78 is 0. The molecule has 3 rings (SSSR count). The number of nitro groups is 1. The molecule has 152 valence electrons. The second-order valence-corrected chi connectivity index (χ2v) is 7.99. The Morgan fingerprint density at radius 3 is 2.79 bits per heavy atom. The minimum atomic E-state index is -0.533. The summed E-state index contributed by atoms with van der Waals surface area (Å²) in [6.45, 7) is 9.89. The molecule has 0 fully saturated rings. The van der Waals surface area contributed by atoms with E-state index in [1.807, 2.05) is 6.07 Å². The van der Waals surface area contributed by atoms with Gasteiger partial charge < -0.3 is 4.90 Å². The summed E-state index contributed by atoms with van der Waals surface area (Å²) in [5.41, 5.74) is 6.03. The third-order valence-electron chi connectivity index (χ3n) is 5.42. The summed E-state index contributed by atoms with van der Waals surface area (Å²) in [7, 11) is 0. The van der Waals surface area contributed by atoms with Crippen LogP contribution in [0.4, 0.5) is 11.4 Å². The van der Waals surface area contributed by atoms with E-state index in [-0.39, 0.29) is 16.8 Å². The van der Waals surface area contributed by atoms with E-state index in [2.05, 4.69) is 55.3 Å². The Balaban J connectivity index is 1.75. The number of nitro benzene ring substituents is 1. The number of hydrogen-bond acceptors (Lipinski definition) is 5. The second kappa shape index (κ2) is 8.03. The first kappa shape index (κ1) is 20.5. The second-order valence-electron chi connectivity index (χ2n) is 7.99. The van der Waals surface area contributed by atoms with Gasteiger partial charge in [-0.05, 0) is 62.4 Å². The summed E-state index contributed by atoms with van der Waals surface area (Å²) in [5.74, 6) is -0.0641. The Morgan fingerprint density at radius 1 is 1.34 bits per heavy atom. The van der Waals surface area contributed by atoms with E-state index < -0.39 is 10.8 Å². The Hall–Kier alpha value is -3.22. The van der Waals surface area contributed by atoms with Crippen molar-refractivity contribution in [1.82, 2.24) is 5.43 Å². The molecule has 1 aliphatic rings. The van der Waals surface area contributed by atoms with Crippen molar-refractivity contribution in [2.24, 2.45) is 5.10 Å². The van der Waals surface area contributed by atoms with Gasteiger partial charge in [-0.15, -0.1) is 0 Å². The van der Waals surface area contributed by atoms with Crippen LogP contribution in [0.1, 0.15) is 61.5 Å². The number of nitrogens with one attached hydrogen (secondary N) is 1. The lowest BCUT2D eigenvalue weighted by Crippen LogP contribution is -2.48. The van der Waals surface area contributed by atoms with Crippen molar-refractivity contribution in [2.45, 2.75) is 45.6 Å². The zero-order valence-corrected chi connectivity index (χ0v) is 17.2. The van der Waals surface area contributed by atoms with Crippen molar-refractivity contribution in [2.75, 3.05) is 11.4 Å². The Morgan fingerprint density at radius 2 is 2.10 bits per heavy atom. The predicted molar refractivity (Wildman–Crippen MR) is 115 cm³/mol. The maximum absolute atomic E-state index is 12.2. The first-order chi connectivity index (χ1) is 13.7. The molecule has 1 aliphatic heterocycles. The monoisotopic (exact) mass is 394 g/mol. The van der Waals surface area contributed by atoms with E-state index in [0.29, 0.717) is 5.92 Å². The highest BCUT2D eigenvalue weighted by Gasteiger charge is 2.35. The average molecular weight is 394 g/mol. The van der Waals surface area contributed by atoms with Crippen LogP contribution in [-0.2, 0) is 0 Å². The van der Waals surface area contributed by atoms with E-state index in [1.165, 1.54) is 35.5 Å². The molecule has 7 nitrogen and oxygen atoms in total. The van der Waals surface area contributed by atoms with Crippen LogP contribution in [0.3, 0.4) is 0 Å². The number of carbonyl (C=O) groups excluding carboxylic acids is 1. The lowest BCUT2D eigenvalue weighted by molar-refractivity contribution is -0.384. The number of hydrogen-bond donors (Lipinski definition) is 1. The van der Waals surface area contributed by atoms with Gasteiger partial charge in [0.2, 0.25) is 0 Å². The van der Waals surface area contributed by atoms with Crippen LogP contribution in [0.2, 0.25) is 0 Å². The first-order valence-corrected chi connectivity index (χ1v) is 9.72. The molecule has 0 saturated heterocycles. The molecule has 2 aromatic carbocycles. The highest BCUT2D eigenvalue weighted by atomic mass is 16.6. The fourth-order valence-electron chi connectivity index (χ4n) is 4.18. The topological polar surface area (TPSA) is 87.8 Å². The van der Waals surface area contributed by atoms with Crippen LogP contribution in [0.25, 0.3) is 0 Å². The molecule has 0 saturated carbocycles. The van der Waals surface area contributed by atoms with E-state index in [0.717, 1.165) is 18.5 Å². The minimum Gasteiger partial charge on any atom is -0.366 e. The van der Waals surface area contributed by atoms with Gasteiger partial charge in [0.1, 0.15) is 0 Å². The van der Waals surface area contributed by atoms with Gasteiger partial charge in [0, 0.05) is 35.5 Å². The van der Waals surface area contributed by atoms with Crippen molar-refractivity contribution in [1.29, 1.82) is 0 Å². The van der Waals surface area contributed by atoms with Crippen LogP contribution in [0.5, 0.6) is 0 Å². The largest absolute Gasteiger partial charge is 0.366 e. The maximum Gasteiger partial charge on any atom is 0.271 e. The van der Waals surface area contributed by atoms with Gasteiger partial charge in [0.05, 0.1) is 11.1 Å². The van der Waals surface area contributed by atoms with Crippen molar-refractivity contribution in [3.05, 3.63) is 69.3 Å². The van der Waals surface area contributed by atoms with Crippen LogP contribution in [-0.4, -0.2) is 29.1 Å². The fourth-order valence-corrected chi connectivity index (χ4v) is 4.18. The summed E-state index contributed by atoms with van der Waals surface area (Å²) in [6, 6.07) is 11.8. The SMILES string of the molecule is CCN1c2ccc(/C=N\NC(=O)c3cccc([N+](=O)[O-])c3)cc2[C@H](C)CC1(C)C. The zero-order valence-electron chi connectivity index (χ0n) is 17.2. The molecular formula is C22H26N4O3. The lowest BCUT2D eigenvalue weighted by Gasteiger charge is -2.47. The number of hydrazone groups is 1. The Labute approximate surface area is 170 Å². The average Bonchev–Trinajstić information content (AvgIpc) is 2.68. The Kier molecular flexibility index (Phi) is 5.68. The van der Waals surface area contributed by atoms with Gasteiger partial charge in [-0.25, -0.2) is 5.43 Å². The van der Waals surface area contributed by atoms with Gasteiger partial charge in [0.15, 0.2) is 0 Å². The van der Waals surface area contributed by atoms with Crippen LogP contribution >= 0.6 is 0 Å². The maximum atomic E-state index is 12.2. The molecule has 0 bridgehead atoms. The van der Waals surface area contributed by atoms with E-state index >= 15 is 0 Å². The number of amides is 1. The smallest absolute Gasteiger partial charge is 0.271 e. The molecule has 1 heterocycles. The van der Waals surface area contributed by atoms with E-state index in [9.17, 15) is 14.9 Å². The van der Waals surface area contributed by atoms with Gasteiger partial charge in [0.25, 0.3) is 11.6 Å².